The summed E-state index contributed by atoms with van der Waals surface area (Å²) in [5.74, 6) is 5.57. The second kappa shape index (κ2) is 10.6. The van der Waals surface area contributed by atoms with Gasteiger partial charge < -0.3 is 15.6 Å². The predicted molar refractivity (Wildman–Crippen MR) is 153 cm³/mol. The van der Waals surface area contributed by atoms with Crippen molar-refractivity contribution in [2.24, 2.45) is 0 Å². The number of rotatable bonds is 6. The number of aromatic nitrogens is 4. The molecule has 41 heavy (non-hydrogen) atoms. The van der Waals surface area contributed by atoms with Gasteiger partial charge in [-0.05, 0) is 60.7 Å². The summed E-state index contributed by atoms with van der Waals surface area (Å²) in [5.41, 5.74) is 6.50. The highest BCUT2D eigenvalue weighted by Crippen LogP contribution is 2.23. The Hall–Kier alpha value is -5.43. The standard InChI is InChI=1S/C31H27N7O3/c1-19-8-9-22(15-21(19)10-11-24-18-33-27-7-4-12-35-38(24)27)29(39)32-13-14-37-30(40)26(36-31(37)41)16-23-17-34-28-20(2)5-3-6-25(23)28/h3-9,12,15,17-18,26,34H,13-14,16H2,1-2H3,(H,32,39)(H,36,41). The molecule has 1 aliphatic heterocycles. The Balaban J connectivity index is 1.08. The first-order chi connectivity index (χ1) is 19.9. The molecule has 10 nitrogen and oxygen atoms in total. The zero-order chi connectivity index (χ0) is 28.5. The molecule has 2 aromatic carbocycles. The fourth-order valence-corrected chi connectivity index (χ4v) is 5.01. The summed E-state index contributed by atoms with van der Waals surface area (Å²) in [6, 6.07) is 13.8. The number of imidazole rings is 1. The molecule has 6 rings (SSSR count). The molecule has 5 aromatic rings. The van der Waals surface area contributed by atoms with E-state index in [-0.39, 0.29) is 24.9 Å². The lowest BCUT2D eigenvalue weighted by Gasteiger charge is -2.14. The van der Waals surface area contributed by atoms with Crippen LogP contribution in [-0.4, -0.2) is 61.5 Å². The third kappa shape index (κ3) is 5.01. The van der Waals surface area contributed by atoms with Gasteiger partial charge in [-0.15, -0.1) is 0 Å². The Kier molecular flexibility index (Phi) is 6.69. The number of nitrogens with zero attached hydrogens (tertiary/aromatic N) is 4. The number of amides is 4. The Bertz CT molecular complexity index is 1890. The molecule has 0 spiro atoms. The van der Waals surface area contributed by atoms with Gasteiger partial charge >= 0.3 is 6.03 Å². The second-order valence-electron chi connectivity index (χ2n) is 9.98. The van der Waals surface area contributed by atoms with Crippen LogP contribution in [0.3, 0.4) is 0 Å². The van der Waals surface area contributed by atoms with E-state index >= 15 is 0 Å². The van der Waals surface area contributed by atoms with E-state index in [1.165, 1.54) is 0 Å². The second-order valence-corrected chi connectivity index (χ2v) is 9.98. The molecular weight excluding hydrogens is 518 g/mol. The van der Waals surface area contributed by atoms with Crippen molar-refractivity contribution >= 4 is 34.4 Å². The van der Waals surface area contributed by atoms with E-state index in [2.05, 4.69) is 37.5 Å². The highest BCUT2D eigenvalue weighted by Gasteiger charge is 2.38. The average molecular weight is 546 g/mol. The van der Waals surface area contributed by atoms with Crippen LogP contribution >= 0.6 is 0 Å². The number of hydrogen-bond donors (Lipinski definition) is 3. The fourth-order valence-electron chi connectivity index (χ4n) is 5.01. The number of urea groups is 1. The third-order valence-corrected chi connectivity index (χ3v) is 7.26. The van der Waals surface area contributed by atoms with E-state index < -0.39 is 12.1 Å². The Morgan fingerprint density at radius 2 is 1.95 bits per heavy atom. The van der Waals surface area contributed by atoms with Crippen molar-refractivity contribution in [3.8, 4) is 11.8 Å². The number of benzene rings is 2. The van der Waals surface area contributed by atoms with Crippen LogP contribution in [0.4, 0.5) is 4.79 Å². The molecule has 0 aliphatic carbocycles. The molecule has 1 unspecified atom stereocenters. The van der Waals surface area contributed by atoms with Gasteiger partial charge in [0.2, 0.25) is 0 Å². The number of carbonyl (C=O) groups is 3. The average Bonchev–Trinajstić information content (AvgIpc) is 3.65. The van der Waals surface area contributed by atoms with E-state index in [9.17, 15) is 14.4 Å². The van der Waals surface area contributed by atoms with E-state index in [1.54, 1.807) is 29.0 Å². The third-order valence-electron chi connectivity index (χ3n) is 7.26. The summed E-state index contributed by atoms with van der Waals surface area (Å²) < 4.78 is 1.65. The van der Waals surface area contributed by atoms with Crippen LogP contribution in [0.1, 0.15) is 38.3 Å². The van der Waals surface area contributed by atoms with Crippen LogP contribution in [0.2, 0.25) is 0 Å². The van der Waals surface area contributed by atoms with Crippen molar-refractivity contribution in [2.75, 3.05) is 13.1 Å². The molecule has 4 amide bonds. The lowest BCUT2D eigenvalue weighted by molar-refractivity contribution is -0.127. The summed E-state index contributed by atoms with van der Waals surface area (Å²) in [4.78, 5) is 47.2. The Labute approximate surface area is 235 Å². The molecule has 1 aliphatic rings. The molecule has 204 valence electrons. The number of aromatic amines is 1. The molecule has 3 N–H and O–H groups in total. The van der Waals surface area contributed by atoms with E-state index in [0.717, 1.165) is 32.5 Å². The van der Waals surface area contributed by atoms with Crippen molar-refractivity contribution in [1.82, 2.24) is 35.1 Å². The Morgan fingerprint density at radius 3 is 2.83 bits per heavy atom. The first kappa shape index (κ1) is 25.8. The molecule has 1 saturated heterocycles. The number of fused-ring (bicyclic) bond motifs is 2. The topological polar surface area (TPSA) is 124 Å². The number of hydrogen-bond acceptors (Lipinski definition) is 5. The largest absolute Gasteiger partial charge is 0.361 e. The normalized spacial score (nSPS) is 14.8. The van der Waals surface area contributed by atoms with Crippen LogP contribution in [0.25, 0.3) is 16.6 Å². The van der Waals surface area contributed by atoms with Crippen LogP contribution in [0.5, 0.6) is 0 Å². The van der Waals surface area contributed by atoms with Gasteiger partial charge in [0, 0.05) is 53.9 Å². The van der Waals surface area contributed by atoms with E-state index in [4.69, 9.17) is 0 Å². The summed E-state index contributed by atoms with van der Waals surface area (Å²) in [6.07, 6.45) is 5.59. The van der Waals surface area contributed by atoms with Crippen molar-refractivity contribution in [2.45, 2.75) is 26.3 Å². The maximum atomic E-state index is 13.0. The monoisotopic (exact) mass is 545 g/mol. The zero-order valence-electron chi connectivity index (χ0n) is 22.6. The van der Waals surface area contributed by atoms with Gasteiger partial charge in [0.1, 0.15) is 11.7 Å². The molecule has 0 radical (unpaired) electrons. The van der Waals surface area contributed by atoms with Crippen molar-refractivity contribution in [1.29, 1.82) is 0 Å². The maximum absolute atomic E-state index is 13.0. The van der Waals surface area contributed by atoms with E-state index in [1.807, 2.05) is 56.4 Å². The van der Waals surface area contributed by atoms with Gasteiger partial charge in [-0.3, -0.25) is 14.5 Å². The van der Waals surface area contributed by atoms with Gasteiger partial charge in [0.05, 0.1) is 6.20 Å². The van der Waals surface area contributed by atoms with Gasteiger partial charge in [0.15, 0.2) is 5.65 Å². The minimum atomic E-state index is -0.654. The minimum absolute atomic E-state index is 0.0692. The van der Waals surface area contributed by atoms with E-state index in [0.29, 0.717) is 28.9 Å². The van der Waals surface area contributed by atoms with Crippen molar-refractivity contribution in [3.05, 3.63) is 101 Å². The number of H-pyrrole nitrogens is 1. The summed E-state index contributed by atoms with van der Waals surface area (Å²) in [6.45, 7) is 4.13. The smallest absolute Gasteiger partial charge is 0.324 e. The summed E-state index contributed by atoms with van der Waals surface area (Å²) >= 11 is 0. The van der Waals surface area contributed by atoms with Crippen molar-refractivity contribution in [3.63, 3.8) is 0 Å². The highest BCUT2D eigenvalue weighted by molar-refractivity contribution is 6.04. The SMILES string of the molecule is Cc1ccc(C(=O)NCCN2C(=O)NC(Cc3c[nH]c4c(C)cccc34)C2=O)cc1C#Cc1cnc2cccnn12. The molecule has 1 atom stereocenters. The fraction of sp³-hybridized carbons (Fsp3) is 0.194. The minimum Gasteiger partial charge on any atom is -0.361 e. The van der Waals surface area contributed by atoms with Gasteiger partial charge in [-0.2, -0.15) is 5.10 Å². The Morgan fingerprint density at radius 1 is 1.07 bits per heavy atom. The first-order valence-electron chi connectivity index (χ1n) is 13.3. The van der Waals surface area contributed by atoms with Crippen LogP contribution in [-0.2, 0) is 11.2 Å². The number of para-hydroxylation sites is 1. The number of carbonyl (C=O) groups excluding carboxylic acids is 3. The summed E-state index contributed by atoms with van der Waals surface area (Å²) in [7, 11) is 0. The highest BCUT2D eigenvalue weighted by atomic mass is 16.2. The lowest BCUT2D eigenvalue weighted by atomic mass is 10.0. The molecule has 0 saturated carbocycles. The zero-order valence-corrected chi connectivity index (χ0v) is 22.6. The van der Waals surface area contributed by atoms with Gasteiger partial charge in [-0.1, -0.05) is 30.2 Å². The quantitative estimate of drug-likeness (QED) is 0.223. The van der Waals surface area contributed by atoms with Crippen molar-refractivity contribution < 1.29 is 14.4 Å². The molecular formula is C31H27N7O3. The first-order valence-corrected chi connectivity index (χ1v) is 13.3. The summed E-state index contributed by atoms with van der Waals surface area (Å²) in [5, 5.41) is 10.9. The number of nitrogens with one attached hydrogen (secondary N) is 3. The van der Waals surface area contributed by atoms with Crippen LogP contribution in [0.15, 0.2) is 67.1 Å². The predicted octanol–water partition coefficient (Wildman–Crippen LogP) is 3.12. The van der Waals surface area contributed by atoms with Crippen LogP contribution in [0, 0.1) is 25.7 Å². The number of imide groups is 1. The molecule has 3 aromatic heterocycles. The molecule has 10 heteroatoms. The van der Waals surface area contributed by atoms with Gasteiger partial charge in [-0.25, -0.2) is 14.3 Å². The maximum Gasteiger partial charge on any atom is 0.324 e. The number of aryl methyl sites for hydroxylation is 2. The van der Waals surface area contributed by atoms with Crippen LogP contribution < -0.4 is 10.6 Å². The van der Waals surface area contributed by atoms with Gasteiger partial charge in [0.25, 0.3) is 11.8 Å². The lowest BCUT2D eigenvalue weighted by Crippen LogP contribution is -2.39. The molecule has 4 heterocycles. The molecule has 0 bridgehead atoms. The molecule has 1 fully saturated rings.